The van der Waals surface area contributed by atoms with Crippen molar-refractivity contribution in [1.82, 2.24) is 15.0 Å². The fourth-order valence-electron chi connectivity index (χ4n) is 3.55. The zero-order valence-corrected chi connectivity index (χ0v) is 13.7. The molecule has 1 aliphatic heterocycles. The van der Waals surface area contributed by atoms with Crippen LogP contribution in [0.2, 0.25) is 0 Å². The highest BCUT2D eigenvalue weighted by atomic mass is 19.1. The number of pyridine rings is 1. The molecule has 3 heterocycles. The number of halogens is 1. The summed E-state index contributed by atoms with van der Waals surface area (Å²) in [7, 11) is 0. The van der Waals surface area contributed by atoms with Crippen molar-refractivity contribution in [3.8, 4) is 11.4 Å². The minimum atomic E-state index is -1.08. The molecule has 0 radical (unpaired) electrons. The molecular weight excluding hydrogens is 309 g/mol. The molecule has 6 heteroatoms. The molecule has 1 aliphatic carbocycles. The van der Waals surface area contributed by atoms with Crippen LogP contribution in [0.4, 0.5) is 4.39 Å². The van der Waals surface area contributed by atoms with Crippen LogP contribution >= 0.6 is 0 Å². The number of alkyl halides is 1. The van der Waals surface area contributed by atoms with Crippen molar-refractivity contribution < 1.29 is 13.7 Å². The van der Waals surface area contributed by atoms with E-state index in [4.69, 9.17) is 4.52 Å². The van der Waals surface area contributed by atoms with E-state index in [1.165, 1.54) is 0 Å². The summed E-state index contributed by atoms with van der Waals surface area (Å²) < 4.78 is 20.0. The molecule has 24 heavy (non-hydrogen) atoms. The lowest BCUT2D eigenvalue weighted by molar-refractivity contribution is 0.0329. The van der Waals surface area contributed by atoms with Crippen molar-refractivity contribution in [1.29, 1.82) is 0 Å². The van der Waals surface area contributed by atoms with Crippen LogP contribution in [0.15, 0.2) is 28.9 Å². The van der Waals surface area contributed by atoms with Gasteiger partial charge in [-0.1, -0.05) is 11.2 Å². The van der Waals surface area contributed by atoms with Crippen LogP contribution in [-0.4, -0.2) is 39.7 Å². The number of piperidine rings is 1. The van der Waals surface area contributed by atoms with Crippen LogP contribution in [0.5, 0.6) is 0 Å². The first-order valence-electron chi connectivity index (χ1n) is 8.44. The maximum atomic E-state index is 14.8. The van der Waals surface area contributed by atoms with Gasteiger partial charge in [-0.05, 0) is 50.7 Å². The Balaban J connectivity index is 1.56. The molecule has 5 nitrogen and oxygen atoms in total. The summed E-state index contributed by atoms with van der Waals surface area (Å²) in [5.74, 6) is 0.531. The maximum absolute atomic E-state index is 14.8. The molecule has 1 saturated heterocycles. The standard InChI is InChI=1S/C18H20FN3O2/c1-12-15(16(21-24-12)14-4-2-3-9-20-14)17(23)22-10-7-18(19,8-11-22)13-5-6-13/h2-4,9,13H,5-8,10-11H2,1H3. The fourth-order valence-corrected chi connectivity index (χ4v) is 3.55. The highest BCUT2D eigenvalue weighted by Crippen LogP contribution is 2.47. The van der Waals surface area contributed by atoms with Gasteiger partial charge in [0.25, 0.3) is 5.91 Å². The molecular formula is C18H20FN3O2. The number of carbonyl (C=O) groups is 1. The Morgan fingerprint density at radius 3 is 2.71 bits per heavy atom. The second-order valence-corrected chi connectivity index (χ2v) is 6.78. The summed E-state index contributed by atoms with van der Waals surface area (Å²) in [6.45, 7) is 2.61. The third-order valence-corrected chi connectivity index (χ3v) is 5.17. The van der Waals surface area contributed by atoms with E-state index in [0.29, 0.717) is 48.6 Å². The first-order chi connectivity index (χ1) is 11.6. The number of aromatic nitrogens is 2. The van der Waals surface area contributed by atoms with Crippen LogP contribution in [0.25, 0.3) is 11.4 Å². The number of rotatable bonds is 3. The van der Waals surface area contributed by atoms with Gasteiger partial charge in [-0.15, -0.1) is 0 Å². The Morgan fingerprint density at radius 1 is 1.33 bits per heavy atom. The summed E-state index contributed by atoms with van der Waals surface area (Å²) in [6, 6.07) is 5.44. The number of hydrogen-bond acceptors (Lipinski definition) is 4. The molecule has 0 atom stereocenters. The van der Waals surface area contributed by atoms with Crippen molar-refractivity contribution in [2.45, 2.75) is 38.3 Å². The Bertz CT molecular complexity index is 747. The van der Waals surface area contributed by atoms with Crippen LogP contribution in [0.3, 0.4) is 0 Å². The normalized spacial score (nSPS) is 20.2. The van der Waals surface area contributed by atoms with Gasteiger partial charge in [0, 0.05) is 19.3 Å². The number of likely N-dealkylation sites (tertiary alicyclic amines) is 1. The summed E-state index contributed by atoms with van der Waals surface area (Å²) >= 11 is 0. The largest absolute Gasteiger partial charge is 0.360 e. The minimum Gasteiger partial charge on any atom is -0.360 e. The predicted molar refractivity (Wildman–Crippen MR) is 86.2 cm³/mol. The molecule has 1 saturated carbocycles. The average molecular weight is 329 g/mol. The summed E-state index contributed by atoms with van der Waals surface area (Å²) in [4.78, 5) is 18.9. The van der Waals surface area contributed by atoms with E-state index < -0.39 is 5.67 Å². The molecule has 4 rings (SSSR count). The smallest absolute Gasteiger partial charge is 0.259 e. The van der Waals surface area contributed by atoms with Crippen LogP contribution < -0.4 is 0 Å². The first kappa shape index (κ1) is 15.3. The zero-order valence-electron chi connectivity index (χ0n) is 13.7. The number of carbonyl (C=O) groups excluding carboxylic acids is 1. The van der Waals surface area contributed by atoms with Gasteiger partial charge < -0.3 is 9.42 Å². The molecule has 0 unspecified atom stereocenters. The van der Waals surface area contributed by atoms with E-state index >= 15 is 0 Å². The molecule has 2 fully saturated rings. The molecule has 1 amide bonds. The molecule has 126 valence electrons. The van der Waals surface area contributed by atoms with Gasteiger partial charge in [-0.25, -0.2) is 4.39 Å². The van der Waals surface area contributed by atoms with Gasteiger partial charge in [0.2, 0.25) is 0 Å². The average Bonchev–Trinajstić information content (AvgIpc) is 3.39. The number of aryl methyl sites for hydroxylation is 1. The van der Waals surface area contributed by atoms with Gasteiger partial charge in [0.15, 0.2) is 0 Å². The van der Waals surface area contributed by atoms with Crippen molar-refractivity contribution in [2.24, 2.45) is 5.92 Å². The van der Waals surface area contributed by atoms with Crippen molar-refractivity contribution in [3.05, 3.63) is 35.7 Å². The Morgan fingerprint density at radius 2 is 2.08 bits per heavy atom. The summed E-state index contributed by atoms with van der Waals surface area (Å²) in [5, 5.41) is 4.01. The Kier molecular flexibility index (Phi) is 3.62. The zero-order chi connectivity index (χ0) is 16.7. The van der Waals surface area contributed by atoms with E-state index in [1.807, 2.05) is 6.07 Å². The van der Waals surface area contributed by atoms with Gasteiger partial charge in [-0.2, -0.15) is 0 Å². The van der Waals surface area contributed by atoms with E-state index in [9.17, 15) is 9.18 Å². The van der Waals surface area contributed by atoms with E-state index in [1.54, 1.807) is 30.2 Å². The summed E-state index contributed by atoms with van der Waals surface area (Å²) in [6.07, 6.45) is 4.47. The Hall–Kier alpha value is -2.24. The fraction of sp³-hybridized carbons (Fsp3) is 0.500. The Labute approximate surface area is 139 Å². The molecule has 2 aromatic rings. The topological polar surface area (TPSA) is 59.2 Å². The molecule has 0 bridgehead atoms. The highest BCUT2D eigenvalue weighted by molar-refractivity contribution is 6.00. The van der Waals surface area contributed by atoms with E-state index in [2.05, 4.69) is 10.1 Å². The number of hydrogen-bond donors (Lipinski definition) is 0. The van der Waals surface area contributed by atoms with Gasteiger partial charge in [0.05, 0.1) is 5.69 Å². The van der Waals surface area contributed by atoms with Crippen molar-refractivity contribution >= 4 is 5.91 Å². The van der Waals surface area contributed by atoms with Crippen molar-refractivity contribution in [2.75, 3.05) is 13.1 Å². The molecule has 0 spiro atoms. The lowest BCUT2D eigenvalue weighted by Gasteiger charge is -2.36. The van der Waals surface area contributed by atoms with E-state index in [0.717, 1.165) is 12.8 Å². The second kappa shape index (κ2) is 5.69. The predicted octanol–water partition coefficient (Wildman–Crippen LogP) is 3.40. The quantitative estimate of drug-likeness (QED) is 0.866. The van der Waals surface area contributed by atoms with Gasteiger partial charge in [-0.3, -0.25) is 9.78 Å². The van der Waals surface area contributed by atoms with Gasteiger partial charge in [0.1, 0.15) is 22.7 Å². The monoisotopic (exact) mass is 329 g/mol. The third-order valence-electron chi connectivity index (χ3n) is 5.17. The molecule has 0 aromatic carbocycles. The number of amides is 1. The second-order valence-electron chi connectivity index (χ2n) is 6.78. The SMILES string of the molecule is Cc1onc(-c2ccccn2)c1C(=O)N1CCC(F)(C2CC2)CC1. The maximum Gasteiger partial charge on any atom is 0.259 e. The minimum absolute atomic E-state index is 0.146. The summed E-state index contributed by atoms with van der Waals surface area (Å²) in [5.41, 5.74) is 0.418. The van der Waals surface area contributed by atoms with Crippen LogP contribution in [0, 0.1) is 12.8 Å². The molecule has 2 aromatic heterocycles. The van der Waals surface area contributed by atoms with Gasteiger partial charge >= 0.3 is 0 Å². The highest BCUT2D eigenvalue weighted by Gasteiger charge is 2.48. The lowest BCUT2D eigenvalue weighted by Crippen LogP contribution is -2.45. The number of nitrogens with zero attached hydrogens (tertiary/aromatic N) is 3. The third kappa shape index (κ3) is 2.60. The van der Waals surface area contributed by atoms with Crippen molar-refractivity contribution in [3.63, 3.8) is 0 Å². The molecule has 2 aliphatic rings. The van der Waals surface area contributed by atoms with Crippen LogP contribution in [-0.2, 0) is 0 Å². The first-order valence-corrected chi connectivity index (χ1v) is 8.44. The van der Waals surface area contributed by atoms with E-state index in [-0.39, 0.29) is 11.8 Å². The van der Waals surface area contributed by atoms with Crippen LogP contribution in [0.1, 0.15) is 41.8 Å². The molecule has 0 N–H and O–H groups in total. The lowest BCUT2D eigenvalue weighted by atomic mass is 9.88.